The van der Waals surface area contributed by atoms with Gasteiger partial charge in [-0.05, 0) is 25.9 Å². The number of nitrogens with zero attached hydrogens (tertiary/aromatic N) is 1. The molecule has 1 saturated carbocycles. The molecule has 0 aromatic rings. The van der Waals surface area contributed by atoms with E-state index in [1.165, 1.54) is 6.42 Å². The van der Waals surface area contributed by atoms with Gasteiger partial charge in [0.1, 0.15) is 5.78 Å². The maximum atomic E-state index is 11.5. The standard InChI is InChI=1S/C10H19NO/c1-3-11(4-2)9-7-5-6-8-10(9)12/h9H,3-8H2,1-2H3/t9-/m1/s1. The average molecular weight is 169 g/mol. The molecule has 0 radical (unpaired) electrons. The summed E-state index contributed by atoms with van der Waals surface area (Å²) < 4.78 is 0. The van der Waals surface area contributed by atoms with Gasteiger partial charge in [0.25, 0.3) is 0 Å². The molecule has 0 aliphatic heterocycles. The number of rotatable bonds is 3. The first kappa shape index (κ1) is 9.72. The predicted molar refractivity (Wildman–Crippen MR) is 50.2 cm³/mol. The molecular weight excluding hydrogens is 150 g/mol. The van der Waals surface area contributed by atoms with Crippen LogP contribution in [-0.2, 0) is 4.79 Å². The Bertz CT molecular complexity index is 152. The summed E-state index contributed by atoms with van der Waals surface area (Å²) in [5, 5.41) is 0. The van der Waals surface area contributed by atoms with Gasteiger partial charge in [-0.1, -0.05) is 20.3 Å². The normalized spacial score (nSPS) is 24.9. The zero-order valence-corrected chi connectivity index (χ0v) is 8.18. The highest BCUT2D eigenvalue weighted by molar-refractivity contribution is 5.84. The molecule has 1 aliphatic carbocycles. The molecule has 0 bridgehead atoms. The van der Waals surface area contributed by atoms with Gasteiger partial charge in [0, 0.05) is 6.42 Å². The lowest BCUT2D eigenvalue weighted by molar-refractivity contribution is -0.126. The molecule has 0 N–H and O–H groups in total. The van der Waals surface area contributed by atoms with Crippen molar-refractivity contribution in [1.82, 2.24) is 4.90 Å². The minimum absolute atomic E-state index is 0.244. The summed E-state index contributed by atoms with van der Waals surface area (Å²) in [6.07, 6.45) is 4.23. The monoisotopic (exact) mass is 169 g/mol. The topological polar surface area (TPSA) is 20.3 Å². The summed E-state index contributed by atoms with van der Waals surface area (Å²) in [7, 11) is 0. The second kappa shape index (κ2) is 4.61. The number of likely N-dealkylation sites (N-methyl/N-ethyl adjacent to an activating group) is 1. The van der Waals surface area contributed by atoms with Crippen LogP contribution in [0.25, 0.3) is 0 Å². The Labute approximate surface area is 74.9 Å². The van der Waals surface area contributed by atoms with Crippen molar-refractivity contribution in [2.45, 2.75) is 45.6 Å². The number of Topliss-reactive ketones (excluding diaryl/α,β-unsaturated/α-hetero) is 1. The van der Waals surface area contributed by atoms with Crippen molar-refractivity contribution in [3.63, 3.8) is 0 Å². The van der Waals surface area contributed by atoms with Crippen LogP contribution in [0.1, 0.15) is 39.5 Å². The van der Waals surface area contributed by atoms with E-state index in [9.17, 15) is 4.79 Å². The number of carbonyl (C=O) groups excluding carboxylic acids is 1. The summed E-state index contributed by atoms with van der Waals surface area (Å²) >= 11 is 0. The van der Waals surface area contributed by atoms with Gasteiger partial charge in [-0.3, -0.25) is 9.69 Å². The van der Waals surface area contributed by atoms with Gasteiger partial charge in [0.15, 0.2) is 0 Å². The largest absolute Gasteiger partial charge is 0.298 e. The summed E-state index contributed by atoms with van der Waals surface area (Å²) in [5.41, 5.74) is 0. The third kappa shape index (κ3) is 2.07. The fourth-order valence-corrected chi connectivity index (χ4v) is 2.02. The molecule has 0 unspecified atom stereocenters. The zero-order valence-electron chi connectivity index (χ0n) is 8.18. The highest BCUT2D eigenvalue weighted by Crippen LogP contribution is 2.19. The highest BCUT2D eigenvalue weighted by atomic mass is 16.1. The van der Waals surface area contributed by atoms with Gasteiger partial charge in [-0.2, -0.15) is 0 Å². The fourth-order valence-electron chi connectivity index (χ4n) is 2.02. The number of ketones is 1. The van der Waals surface area contributed by atoms with E-state index in [2.05, 4.69) is 18.7 Å². The SMILES string of the molecule is CCN(CC)[C@@H]1CCCCC1=O. The van der Waals surface area contributed by atoms with Crippen molar-refractivity contribution in [3.8, 4) is 0 Å². The van der Waals surface area contributed by atoms with Gasteiger partial charge < -0.3 is 0 Å². The van der Waals surface area contributed by atoms with Crippen LogP contribution in [0.15, 0.2) is 0 Å². The van der Waals surface area contributed by atoms with E-state index in [0.29, 0.717) is 5.78 Å². The van der Waals surface area contributed by atoms with E-state index in [1.807, 2.05) is 0 Å². The van der Waals surface area contributed by atoms with Crippen molar-refractivity contribution in [2.24, 2.45) is 0 Å². The molecular formula is C10H19NO. The molecule has 12 heavy (non-hydrogen) atoms. The molecule has 1 rings (SSSR count). The van der Waals surface area contributed by atoms with Crippen LogP contribution in [0.5, 0.6) is 0 Å². The lowest BCUT2D eigenvalue weighted by Crippen LogP contribution is -2.42. The molecule has 0 saturated heterocycles. The van der Waals surface area contributed by atoms with Crippen molar-refractivity contribution in [3.05, 3.63) is 0 Å². The van der Waals surface area contributed by atoms with E-state index in [0.717, 1.165) is 32.4 Å². The first-order valence-electron chi connectivity index (χ1n) is 5.06. The lowest BCUT2D eigenvalue weighted by Gasteiger charge is -2.31. The molecule has 1 fully saturated rings. The molecule has 1 aliphatic rings. The van der Waals surface area contributed by atoms with Crippen LogP contribution >= 0.6 is 0 Å². The fraction of sp³-hybridized carbons (Fsp3) is 0.900. The molecule has 2 heteroatoms. The van der Waals surface area contributed by atoms with Crippen molar-refractivity contribution in [1.29, 1.82) is 0 Å². The lowest BCUT2D eigenvalue weighted by atomic mass is 9.93. The van der Waals surface area contributed by atoms with E-state index >= 15 is 0 Å². The predicted octanol–water partition coefficient (Wildman–Crippen LogP) is 1.84. The Hall–Kier alpha value is -0.370. The van der Waals surface area contributed by atoms with Gasteiger partial charge in [-0.25, -0.2) is 0 Å². The highest BCUT2D eigenvalue weighted by Gasteiger charge is 2.25. The average Bonchev–Trinajstić information content (AvgIpc) is 2.10. The maximum Gasteiger partial charge on any atom is 0.149 e. The third-order valence-electron chi connectivity index (χ3n) is 2.78. The van der Waals surface area contributed by atoms with Gasteiger partial charge >= 0.3 is 0 Å². The van der Waals surface area contributed by atoms with Crippen molar-refractivity contribution >= 4 is 5.78 Å². The van der Waals surface area contributed by atoms with E-state index in [4.69, 9.17) is 0 Å². The summed E-state index contributed by atoms with van der Waals surface area (Å²) in [6.45, 7) is 6.27. The van der Waals surface area contributed by atoms with E-state index in [1.54, 1.807) is 0 Å². The molecule has 0 aromatic carbocycles. The van der Waals surface area contributed by atoms with Crippen LogP contribution in [0.3, 0.4) is 0 Å². The summed E-state index contributed by atoms with van der Waals surface area (Å²) in [4.78, 5) is 13.8. The second-order valence-electron chi connectivity index (χ2n) is 3.45. The maximum absolute atomic E-state index is 11.5. The van der Waals surface area contributed by atoms with Crippen LogP contribution < -0.4 is 0 Å². The Balaban J connectivity index is 2.51. The van der Waals surface area contributed by atoms with Gasteiger partial charge in [0.2, 0.25) is 0 Å². The second-order valence-corrected chi connectivity index (χ2v) is 3.45. The zero-order chi connectivity index (χ0) is 8.97. The van der Waals surface area contributed by atoms with Crippen LogP contribution in [-0.4, -0.2) is 29.8 Å². The first-order valence-corrected chi connectivity index (χ1v) is 5.06. The molecule has 0 spiro atoms. The Morgan fingerprint density at radius 3 is 2.50 bits per heavy atom. The molecule has 0 aromatic heterocycles. The van der Waals surface area contributed by atoms with Crippen molar-refractivity contribution < 1.29 is 4.79 Å². The first-order chi connectivity index (χ1) is 5.79. The number of carbonyl (C=O) groups is 1. The van der Waals surface area contributed by atoms with E-state index < -0.39 is 0 Å². The number of hydrogen-bond acceptors (Lipinski definition) is 2. The number of hydrogen-bond donors (Lipinski definition) is 0. The molecule has 0 heterocycles. The molecule has 0 amide bonds. The van der Waals surface area contributed by atoms with Gasteiger partial charge in [0.05, 0.1) is 6.04 Å². The van der Waals surface area contributed by atoms with Crippen LogP contribution in [0.2, 0.25) is 0 Å². The molecule has 70 valence electrons. The summed E-state index contributed by atoms with van der Waals surface area (Å²) in [5.74, 6) is 0.463. The molecule has 2 nitrogen and oxygen atoms in total. The minimum Gasteiger partial charge on any atom is -0.298 e. The van der Waals surface area contributed by atoms with E-state index in [-0.39, 0.29) is 6.04 Å². The Kier molecular flexibility index (Phi) is 3.73. The quantitative estimate of drug-likeness (QED) is 0.642. The smallest absolute Gasteiger partial charge is 0.149 e. The molecule has 1 atom stereocenters. The third-order valence-corrected chi connectivity index (χ3v) is 2.78. The Morgan fingerprint density at radius 1 is 1.33 bits per heavy atom. The van der Waals surface area contributed by atoms with Crippen molar-refractivity contribution in [2.75, 3.05) is 13.1 Å². The minimum atomic E-state index is 0.244. The summed E-state index contributed by atoms with van der Waals surface area (Å²) in [6, 6.07) is 0.244. The van der Waals surface area contributed by atoms with Crippen LogP contribution in [0.4, 0.5) is 0 Å². The van der Waals surface area contributed by atoms with Crippen LogP contribution in [0, 0.1) is 0 Å². The Morgan fingerprint density at radius 2 is 2.00 bits per heavy atom. The van der Waals surface area contributed by atoms with Gasteiger partial charge in [-0.15, -0.1) is 0 Å².